The Labute approximate surface area is 143 Å². The van der Waals surface area contributed by atoms with E-state index < -0.39 is 0 Å². The summed E-state index contributed by atoms with van der Waals surface area (Å²) in [5, 5.41) is 12.4. The molecule has 5 heteroatoms. The molecule has 2 aromatic rings. The first-order chi connectivity index (χ1) is 11.8. The third kappa shape index (κ3) is 4.94. The fourth-order valence-corrected chi connectivity index (χ4v) is 3.03. The topological polar surface area (TPSA) is 57.6 Å². The van der Waals surface area contributed by atoms with Crippen LogP contribution in [0.25, 0.3) is 0 Å². The van der Waals surface area contributed by atoms with Gasteiger partial charge in [-0.15, -0.1) is 0 Å². The Morgan fingerprint density at radius 1 is 1.17 bits per heavy atom. The van der Waals surface area contributed by atoms with Crippen LogP contribution < -0.4 is 10.1 Å². The van der Waals surface area contributed by atoms with Crippen LogP contribution in [0.1, 0.15) is 18.4 Å². The van der Waals surface area contributed by atoms with Gasteiger partial charge in [-0.1, -0.05) is 6.07 Å². The van der Waals surface area contributed by atoms with E-state index in [1.807, 2.05) is 42.7 Å². The lowest BCUT2D eigenvalue weighted by Gasteiger charge is -2.32. The molecule has 0 spiro atoms. The van der Waals surface area contributed by atoms with Crippen molar-refractivity contribution in [2.45, 2.75) is 25.4 Å². The van der Waals surface area contributed by atoms with Gasteiger partial charge in [0.05, 0.1) is 6.61 Å². The molecule has 1 fully saturated rings. The van der Waals surface area contributed by atoms with Crippen molar-refractivity contribution >= 4 is 5.69 Å². The Hall–Kier alpha value is -2.11. The van der Waals surface area contributed by atoms with Crippen LogP contribution in [0.4, 0.5) is 5.69 Å². The van der Waals surface area contributed by atoms with Crippen LogP contribution in [0.15, 0.2) is 48.8 Å². The zero-order valence-electron chi connectivity index (χ0n) is 13.9. The SMILES string of the molecule is OCCOc1ccc(NC2CCN(Cc3cccnc3)CC2)cc1. The smallest absolute Gasteiger partial charge is 0.119 e. The summed E-state index contributed by atoms with van der Waals surface area (Å²) in [7, 11) is 0. The van der Waals surface area contributed by atoms with Gasteiger partial charge in [0, 0.05) is 43.8 Å². The Kier molecular flexibility index (Phi) is 6.04. The molecule has 2 heterocycles. The summed E-state index contributed by atoms with van der Waals surface area (Å²) in [6.45, 7) is 3.56. The maximum Gasteiger partial charge on any atom is 0.119 e. The molecule has 128 valence electrons. The van der Waals surface area contributed by atoms with Crippen molar-refractivity contribution in [3.05, 3.63) is 54.4 Å². The minimum atomic E-state index is 0.0393. The molecule has 0 aliphatic carbocycles. The Morgan fingerprint density at radius 3 is 2.62 bits per heavy atom. The van der Waals surface area contributed by atoms with E-state index in [-0.39, 0.29) is 6.61 Å². The van der Waals surface area contributed by atoms with Crippen LogP contribution in [-0.4, -0.2) is 47.3 Å². The first kappa shape index (κ1) is 16.7. The van der Waals surface area contributed by atoms with E-state index in [0.29, 0.717) is 12.6 Å². The predicted molar refractivity (Wildman–Crippen MR) is 95.2 cm³/mol. The third-order valence-corrected chi connectivity index (χ3v) is 4.30. The molecule has 1 aromatic heterocycles. The number of piperidine rings is 1. The Morgan fingerprint density at radius 2 is 1.96 bits per heavy atom. The van der Waals surface area contributed by atoms with E-state index in [0.717, 1.165) is 43.9 Å². The molecule has 24 heavy (non-hydrogen) atoms. The normalized spacial score (nSPS) is 16.0. The molecule has 0 radical (unpaired) electrons. The van der Waals surface area contributed by atoms with Crippen molar-refractivity contribution in [1.82, 2.24) is 9.88 Å². The van der Waals surface area contributed by atoms with Gasteiger partial charge in [0.2, 0.25) is 0 Å². The van der Waals surface area contributed by atoms with Gasteiger partial charge in [0.15, 0.2) is 0 Å². The summed E-state index contributed by atoms with van der Waals surface area (Å²) in [6, 6.07) is 12.6. The maximum atomic E-state index is 8.77. The summed E-state index contributed by atoms with van der Waals surface area (Å²) in [6.07, 6.45) is 6.05. The van der Waals surface area contributed by atoms with E-state index in [1.54, 1.807) is 0 Å². The molecule has 0 amide bonds. The van der Waals surface area contributed by atoms with Gasteiger partial charge in [0.25, 0.3) is 0 Å². The van der Waals surface area contributed by atoms with Crippen LogP contribution >= 0.6 is 0 Å². The van der Waals surface area contributed by atoms with E-state index in [4.69, 9.17) is 9.84 Å². The van der Waals surface area contributed by atoms with E-state index in [1.165, 1.54) is 5.56 Å². The summed E-state index contributed by atoms with van der Waals surface area (Å²) in [4.78, 5) is 6.67. The first-order valence-electron chi connectivity index (χ1n) is 8.55. The van der Waals surface area contributed by atoms with Crippen LogP contribution in [0.3, 0.4) is 0 Å². The van der Waals surface area contributed by atoms with Crippen LogP contribution in [0.2, 0.25) is 0 Å². The molecule has 1 aromatic carbocycles. The van der Waals surface area contributed by atoms with Crippen molar-refractivity contribution in [2.75, 3.05) is 31.6 Å². The molecule has 0 bridgehead atoms. The second kappa shape index (κ2) is 8.66. The van der Waals surface area contributed by atoms with E-state index in [9.17, 15) is 0 Å². The quantitative estimate of drug-likeness (QED) is 0.818. The van der Waals surface area contributed by atoms with Crippen molar-refractivity contribution in [3.8, 4) is 5.75 Å². The molecule has 0 unspecified atom stereocenters. The summed E-state index contributed by atoms with van der Waals surface area (Å²) in [5.74, 6) is 0.792. The highest BCUT2D eigenvalue weighted by Crippen LogP contribution is 2.20. The minimum absolute atomic E-state index is 0.0393. The lowest BCUT2D eigenvalue weighted by Crippen LogP contribution is -2.38. The van der Waals surface area contributed by atoms with Crippen molar-refractivity contribution in [2.24, 2.45) is 0 Å². The summed E-state index contributed by atoms with van der Waals surface area (Å²) < 4.78 is 5.38. The van der Waals surface area contributed by atoms with Crippen LogP contribution in [0, 0.1) is 0 Å². The minimum Gasteiger partial charge on any atom is -0.491 e. The van der Waals surface area contributed by atoms with Gasteiger partial charge < -0.3 is 15.2 Å². The lowest BCUT2D eigenvalue weighted by atomic mass is 10.0. The number of hydrogen-bond acceptors (Lipinski definition) is 5. The number of aromatic nitrogens is 1. The van der Waals surface area contributed by atoms with Crippen molar-refractivity contribution in [3.63, 3.8) is 0 Å². The average Bonchev–Trinajstić information content (AvgIpc) is 2.64. The molecular weight excluding hydrogens is 302 g/mol. The highest BCUT2D eigenvalue weighted by molar-refractivity contribution is 5.47. The molecule has 5 nitrogen and oxygen atoms in total. The highest BCUT2D eigenvalue weighted by Gasteiger charge is 2.19. The monoisotopic (exact) mass is 327 g/mol. The number of anilines is 1. The van der Waals surface area contributed by atoms with E-state index >= 15 is 0 Å². The van der Waals surface area contributed by atoms with Crippen LogP contribution in [0.5, 0.6) is 5.75 Å². The van der Waals surface area contributed by atoms with Gasteiger partial charge in [-0.05, 0) is 48.7 Å². The molecule has 1 aliphatic heterocycles. The Bertz CT molecular complexity index is 596. The molecule has 1 saturated heterocycles. The maximum absolute atomic E-state index is 8.77. The van der Waals surface area contributed by atoms with Crippen molar-refractivity contribution < 1.29 is 9.84 Å². The summed E-state index contributed by atoms with van der Waals surface area (Å²) >= 11 is 0. The largest absolute Gasteiger partial charge is 0.491 e. The van der Waals surface area contributed by atoms with E-state index in [2.05, 4.69) is 21.3 Å². The predicted octanol–water partition coefficient (Wildman–Crippen LogP) is 2.53. The summed E-state index contributed by atoms with van der Waals surface area (Å²) in [5.41, 5.74) is 2.40. The number of rotatable bonds is 7. The lowest BCUT2D eigenvalue weighted by molar-refractivity contribution is 0.201. The number of benzene rings is 1. The molecule has 0 saturated carbocycles. The molecule has 1 aliphatic rings. The van der Waals surface area contributed by atoms with Gasteiger partial charge in [0.1, 0.15) is 12.4 Å². The van der Waals surface area contributed by atoms with Crippen LogP contribution in [-0.2, 0) is 6.54 Å². The molecule has 2 N–H and O–H groups in total. The first-order valence-corrected chi connectivity index (χ1v) is 8.55. The number of hydrogen-bond donors (Lipinski definition) is 2. The molecular formula is C19H25N3O2. The van der Waals surface area contributed by atoms with Crippen molar-refractivity contribution in [1.29, 1.82) is 0 Å². The fraction of sp³-hybridized carbons (Fsp3) is 0.421. The standard InChI is InChI=1S/C19H25N3O2/c23-12-13-24-19-5-3-17(4-6-19)21-18-7-10-22(11-8-18)15-16-2-1-9-20-14-16/h1-6,9,14,18,21,23H,7-8,10-13,15H2. The number of nitrogens with one attached hydrogen (secondary N) is 1. The molecule has 3 rings (SSSR count). The zero-order valence-corrected chi connectivity index (χ0v) is 13.9. The average molecular weight is 327 g/mol. The second-order valence-corrected chi connectivity index (χ2v) is 6.15. The zero-order chi connectivity index (χ0) is 16.6. The number of pyridine rings is 1. The number of nitrogens with zero attached hydrogens (tertiary/aromatic N) is 2. The molecule has 0 atom stereocenters. The Balaban J connectivity index is 1.43. The van der Waals surface area contributed by atoms with Gasteiger partial charge in [-0.3, -0.25) is 9.88 Å². The second-order valence-electron chi connectivity index (χ2n) is 6.15. The third-order valence-electron chi connectivity index (χ3n) is 4.30. The number of likely N-dealkylation sites (tertiary alicyclic amines) is 1. The van der Waals surface area contributed by atoms with Gasteiger partial charge >= 0.3 is 0 Å². The van der Waals surface area contributed by atoms with Gasteiger partial charge in [-0.2, -0.15) is 0 Å². The number of aliphatic hydroxyl groups is 1. The number of ether oxygens (including phenoxy) is 1. The van der Waals surface area contributed by atoms with Gasteiger partial charge in [-0.25, -0.2) is 0 Å². The highest BCUT2D eigenvalue weighted by atomic mass is 16.5. The fourth-order valence-electron chi connectivity index (χ4n) is 3.03. The number of aliphatic hydroxyl groups excluding tert-OH is 1.